The van der Waals surface area contributed by atoms with E-state index in [1.165, 1.54) is 12.1 Å². The standard InChI is InChI=1S/C13H18N2O5S/c1-3-9-5-6-10(13(17)18)7-11(9)21(19,20)15-8-12(16)14-4-2/h5-7,15H,3-4,8H2,1-2H3,(H,14,16)(H,17,18). The quantitative estimate of drug-likeness (QED) is 0.672. The van der Waals surface area contributed by atoms with Crippen LogP contribution in [0.5, 0.6) is 0 Å². The smallest absolute Gasteiger partial charge is 0.335 e. The minimum absolute atomic E-state index is 0.116. The fourth-order valence-corrected chi connectivity index (χ4v) is 3.04. The van der Waals surface area contributed by atoms with Crippen LogP contribution < -0.4 is 10.0 Å². The van der Waals surface area contributed by atoms with Gasteiger partial charge in [-0.2, -0.15) is 0 Å². The van der Waals surface area contributed by atoms with E-state index in [-0.39, 0.29) is 10.5 Å². The lowest BCUT2D eigenvalue weighted by Gasteiger charge is -2.11. The van der Waals surface area contributed by atoms with E-state index in [0.717, 1.165) is 6.07 Å². The van der Waals surface area contributed by atoms with Gasteiger partial charge in [0.05, 0.1) is 17.0 Å². The molecule has 0 aliphatic heterocycles. The van der Waals surface area contributed by atoms with Gasteiger partial charge in [-0.1, -0.05) is 13.0 Å². The van der Waals surface area contributed by atoms with E-state index < -0.39 is 28.4 Å². The van der Waals surface area contributed by atoms with Crippen molar-refractivity contribution in [2.75, 3.05) is 13.1 Å². The molecule has 0 fully saturated rings. The Hall–Kier alpha value is -1.93. The van der Waals surface area contributed by atoms with Crippen LogP contribution in [0.3, 0.4) is 0 Å². The number of rotatable bonds is 7. The van der Waals surface area contributed by atoms with Crippen LogP contribution in [0.4, 0.5) is 0 Å². The molecule has 116 valence electrons. The molecular formula is C13H18N2O5S. The molecule has 0 bridgehead atoms. The highest BCUT2D eigenvalue weighted by Crippen LogP contribution is 2.18. The SMILES string of the molecule is CCNC(=O)CNS(=O)(=O)c1cc(C(=O)O)ccc1CC. The first-order valence-corrected chi connectivity index (χ1v) is 7.92. The van der Waals surface area contributed by atoms with Crippen molar-refractivity contribution in [1.29, 1.82) is 0 Å². The van der Waals surface area contributed by atoms with Gasteiger partial charge in [0, 0.05) is 6.54 Å². The molecule has 1 rings (SSSR count). The molecule has 0 radical (unpaired) electrons. The topological polar surface area (TPSA) is 113 Å². The average Bonchev–Trinajstić information content (AvgIpc) is 2.44. The number of carboxylic acids is 1. The largest absolute Gasteiger partial charge is 0.478 e. The Morgan fingerprint density at radius 1 is 1.24 bits per heavy atom. The average molecular weight is 314 g/mol. The van der Waals surface area contributed by atoms with Gasteiger partial charge in [-0.3, -0.25) is 4.79 Å². The van der Waals surface area contributed by atoms with Crippen LogP contribution in [0, 0.1) is 0 Å². The Bertz CT molecular complexity index is 640. The summed E-state index contributed by atoms with van der Waals surface area (Å²) in [5.74, 6) is -1.66. The summed E-state index contributed by atoms with van der Waals surface area (Å²) in [5, 5.41) is 11.4. The molecule has 1 amide bonds. The minimum atomic E-state index is -3.95. The number of nitrogens with one attached hydrogen (secondary N) is 2. The van der Waals surface area contributed by atoms with Crippen LogP contribution in [0.25, 0.3) is 0 Å². The number of carbonyl (C=O) groups is 2. The molecule has 0 aliphatic rings. The van der Waals surface area contributed by atoms with Gasteiger partial charge in [0.25, 0.3) is 0 Å². The molecule has 0 heterocycles. The lowest BCUT2D eigenvalue weighted by Crippen LogP contribution is -2.37. The van der Waals surface area contributed by atoms with E-state index in [9.17, 15) is 18.0 Å². The van der Waals surface area contributed by atoms with Gasteiger partial charge < -0.3 is 10.4 Å². The molecule has 0 unspecified atom stereocenters. The summed E-state index contributed by atoms with van der Waals surface area (Å²) in [6.45, 7) is 3.49. The van der Waals surface area contributed by atoms with E-state index in [1.807, 2.05) is 0 Å². The Morgan fingerprint density at radius 3 is 2.43 bits per heavy atom. The summed E-state index contributed by atoms with van der Waals surface area (Å²) in [7, 11) is -3.95. The number of hydrogen-bond acceptors (Lipinski definition) is 4. The van der Waals surface area contributed by atoms with E-state index in [4.69, 9.17) is 5.11 Å². The fourth-order valence-electron chi connectivity index (χ4n) is 1.73. The Balaban J connectivity index is 3.08. The van der Waals surface area contributed by atoms with Crippen LogP contribution in [0.15, 0.2) is 23.1 Å². The maximum Gasteiger partial charge on any atom is 0.335 e. The second-order valence-electron chi connectivity index (χ2n) is 4.26. The fraction of sp³-hybridized carbons (Fsp3) is 0.385. The lowest BCUT2D eigenvalue weighted by atomic mass is 10.1. The molecular weight excluding hydrogens is 296 g/mol. The number of aryl methyl sites for hydroxylation is 1. The number of amides is 1. The molecule has 0 aromatic heterocycles. The van der Waals surface area contributed by atoms with E-state index in [1.54, 1.807) is 13.8 Å². The summed E-state index contributed by atoms with van der Waals surface area (Å²) in [6, 6.07) is 3.91. The highest BCUT2D eigenvalue weighted by Gasteiger charge is 2.20. The summed E-state index contributed by atoms with van der Waals surface area (Å²) in [4.78, 5) is 22.2. The van der Waals surface area contributed by atoms with E-state index in [0.29, 0.717) is 18.5 Å². The zero-order valence-electron chi connectivity index (χ0n) is 11.8. The number of aromatic carboxylic acids is 1. The third-order valence-electron chi connectivity index (χ3n) is 2.78. The van der Waals surface area contributed by atoms with E-state index >= 15 is 0 Å². The molecule has 0 atom stereocenters. The van der Waals surface area contributed by atoms with Crippen molar-refractivity contribution >= 4 is 21.9 Å². The Morgan fingerprint density at radius 2 is 1.90 bits per heavy atom. The molecule has 0 aliphatic carbocycles. The third kappa shape index (κ3) is 4.54. The van der Waals surface area contributed by atoms with Crippen molar-refractivity contribution in [3.8, 4) is 0 Å². The molecule has 1 aromatic rings. The summed E-state index contributed by atoms with van der Waals surface area (Å²) >= 11 is 0. The molecule has 1 aromatic carbocycles. The molecule has 8 heteroatoms. The minimum Gasteiger partial charge on any atom is -0.478 e. The predicted molar refractivity (Wildman–Crippen MR) is 76.7 cm³/mol. The highest BCUT2D eigenvalue weighted by atomic mass is 32.2. The number of carboxylic acid groups (broad SMARTS) is 1. The molecule has 0 saturated heterocycles. The van der Waals surface area contributed by atoms with Crippen molar-refractivity contribution in [1.82, 2.24) is 10.0 Å². The third-order valence-corrected chi connectivity index (χ3v) is 4.26. The van der Waals surface area contributed by atoms with Gasteiger partial charge in [-0.25, -0.2) is 17.9 Å². The number of sulfonamides is 1. The predicted octanol–water partition coefficient (Wildman–Crippen LogP) is 0.362. The second kappa shape index (κ2) is 7.19. The van der Waals surface area contributed by atoms with Crippen LogP contribution >= 0.6 is 0 Å². The Labute approximate surface area is 123 Å². The zero-order chi connectivity index (χ0) is 16.0. The van der Waals surface area contributed by atoms with Crippen molar-refractivity contribution in [3.63, 3.8) is 0 Å². The van der Waals surface area contributed by atoms with Crippen molar-refractivity contribution in [2.24, 2.45) is 0 Å². The van der Waals surface area contributed by atoms with Gasteiger partial charge in [0.1, 0.15) is 0 Å². The molecule has 7 nitrogen and oxygen atoms in total. The van der Waals surface area contributed by atoms with Gasteiger partial charge >= 0.3 is 5.97 Å². The summed E-state index contributed by atoms with van der Waals surface area (Å²) in [6.07, 6.45) is 0.428. The van der Waals surface area contributed by atoms with Crippen LogP contribution in [0.2, 0.25) is 0 Å². The van der Waals surface area contributed by atoms with E-state index in [2.05, 4.69) is 10.0 Å². The Kier molecular flexibility index (Phi) is 5.86. The molecule has 3 N–H and O–H groups in total. The maximum atomic E-state index is 12.2. The van der Waals surface area contributed by atoms with Gasteiger partial charge in [0.15, 0.2) is 0 Å². The second-order valence-corrected chi connectivity index (χ2v) is 5.99. The van der Waals surface area contributed by atoms with Crippen LogP contribution in [-0.2, 0) is 21.2 Å². The zero-order valence-corrected chi connectivity index (χ0v) is 12.7. The number of hydrogen-bond donors (Lipinski definition) is 3. The highest BCUT2D eigenvalue weighted by molar-refractivity contribution is 7.89. The van der Waals surface area contributed by atoms with Gasteiger partial charge in [0.2, 0.25) is 15.9 Å². The normalized spacial score (nSPS) is 11.1. The lowest BCUT2D eigenvalue weighted by molar-refractivity contribution is -0.119. The summed E-state index contributed by atoms with van der Waals surface area (Å²) < 4.78 is 26.6. The first kappa shape index (κ1) is 17.1. The number of likely N-dealkylation sites (N-methyl/N-ethyl adjacent to an activating group) is 1. The van der Waals surface area contributed by atoms with Crippen molar-refractivity contribution < 1.29 is 23.1 Å². The summed E-state index contributed by atoms with van der Waals surface area (Å²) in [5.41, 5.74) is 0.369. The number of benzene rings is 1. The van der Waals surface area contributed by atoms with Crippen molar-refractivity contribution in [3.05, 3.63) is 29.3 Å². The van der Waals surface area contributed by atoms with Crippen LogP contribution in [-0.4, -0.2) is 38.5 Å². The number of carbonyl (C=O) groups excluding carboxylic acids is 1. The van der Waals surface area contributed by atoms with Crippen LogP contribution in [0.1, 0.15) is 29.8 Å². The molecule has 21 heavy (non-hydrogen) atoms. The van der Waals surface area contributed by atoms with Crippen molar-refractivity contribution in [2.45, 2.75) is 25.2 Å². The maximum absolute atomic E-state index is 12.2. The molecule has 0 saturated carbocycles. The van der Waals surface area contributed by atoms with Gasteiger partial charge in [-0.15, -0.1) is 0 Å². The monoisotopic (exact) mass is 314 g/mol. The van der Waals surface area contributed by atoms with Gasteiger partial charge in [-0.05, 0) is 31.0 Å². The molecule has 0 spiro atoms. The first-order chi connectivity index (χ1) is 9.81. The first-order valence-electron chi connectivity index (χ1n) is 6.44.